The molecule has 7 nitrogen and oxygen atoms in total. The van der Waals surface area contributed by atoms with Gasteiger partial charge in [0.05, 0.1) is 12.2 Å². The SMILES string of the molecule is O=C(O)CNC(=O)CNC(=O)Nc1cc(F)c(F)cc1F. The number of amides is 3. The Hall–Kier alpha value is -2.78. The first-order valence-corrected chi connectivity index (χ1v) is 5.47. The molecule has 0 aromatic heterocycles. The Labute approximate surface area is 116 Å². The van der Waals surface area contributed by atoms with Crippen LogP contribution in [0.4, 0.5) is 23.7 Å². The number of rotatable bonds is 5. The summed E-state index contributed by atoms with van der Waals surface area (Å²) in [7, 11) is 0. The lowest BCUT2D eigenvalue weighted by Gasteiger charge is -2.08. The van der Waals surface area contributed by atoms with Crippen molar-refractivity contribution in [1.82, 2.24) is 10.6 Å². The molecule has 114 valence electrons. The van der Waals surface area contributed by atoms with Crippen molar-refractivity contribution in [2.24, 2.45) is 0 Å². The van der Waals surface area contributed by atoms with Gasteiger partial charge in [-0.3, -0.25) is 9.59 Å². The number of hydrogen-bond donors (Lipinski definition) is 4. The second-order valence-corrected chi connectivity index (χ2v) is 3.72. The first-order chi connectivity index (χ1) is 9.79. The van der Waals surface area contributed by atoms with E-state index in [1.807, 2.05) is 16.0 Å². The fourth-order valence-electron chi connectivity index (χ4n) is 1.18. The lowest BCUT2D eigenvalue weighted by Crippen LogP contribution is -2.40. The molecular weight excluding hydrogens is 295 g/mol. The van der Waals surface area contributed by atoms with Crippen molar-refractivity contribution in [3.8, 4) is 0 Å². The summed E-state index contributed by atoms with van der Waals surface area (Å²) in [4.78, 5) is 32.5. The van der Waals surface area contributed by atoms with E-state index in [2.05, 4.69) is 0 Å². The van der Waals surface area contributed by atoms with Crippen molar-refractivity contribution in [3.63, 3.8) is 0 Å². The number of carbonyl (C=O) groups is 3. The highest BCUT2D eigenvalue weighted by Gasteiger charge is 2.13. The minimum absolute atomic E-state index is 0.254. The summed E-state index contributed by atoms with van der Waals surface area (Å²) in [5, 5.41) is 14.1. The number of urea groups is 1. The minimum atomic E-state index is -1.41. The van der Waals surface area contributed by atoms with Gasteiger partial charge >= 0.3 is 12.0 Å². The van der Waals surface area contributed by atoms with E-state index in [9.17, 15) is 27.6 Å². The molecule has 0 aliphatic heterocycles. The maximum Gasteiger partial charge on any atom is 0.322 e. The topological polar surface area (TPSA) is 108 Å². The van der Waals surface area contributed by atoms with Crippen LogP contribution in [0.5, 0.6) is 0 Å². The Bertz CT molecular complexity index is 580. The van der Waals surface area contributed by atoms with Crippen molar-refractivity contribution in [1.29, 1.82) is 0 Å². The molecule has 1 rings (SSSR count). The summed E-state index contributed by atoms with van der Waals surface area (Å²) >= 11 is 0. The van der Waals surface area contributed by atoms with Crippen LogP contribution in [0.1, 0.15) is 0 Å². The van der Waals surface area contributed by atoms with E-state index in [1.165, 1.54) is 0 Å². The summed E-state index contributed by atoms with van der Waals surface area (Å²) in [5.41, 5.74) is -0.614. The van der Waals surface area contributed by atoms with Gasteiger partial charge in [0.1, 0.15) is 12.4 Å². The first-order valence-electron chi connectivity index (χ1n) is 5.47. The van der Waals surface area contributed by atoms with Crippen LogP contribution in [0.15, 0.2) is 12.1 Å². The summed E-state index contributed by atoms with van der Waals surface area (Å²) in [6, 6.07) is -0.357. The quantitative estimate of drug-likeness (QED) is 0.591. The van der Waals surface area contributed by atoms with Gasteiger partial charge in [0.15, 0.2) is 11.6 Å². The number of benzene rings is 1. The predicted molar refractivity (Wildman–Crippen MR) is 64.0 cm³/mol. The van der Waals surface area contributed by atoms with Crippen molar-refractivity contribution in [2.45, 2.75) is 0 Å². The van der Waals surface area contributed by atoms with Crippen LogP contribution < -0.4 is 16.0 Å². The zero-order chi connectivity index (χ0) is 16.0. The van der Waals surface area contributed by atoms with Gasteiger partial charge in [-0.1, -0.05) is 0 Å². The van der Waals surface area contributed by atoms with E-state index in [1.54, 1.807) is 0 Å². The van der Waals surface area contributed by atoms with Gasteiger partial charge in [0.2, 0.25) is 5.91 Å². The van der Waals surface area contributed by atoms with Crippen LogP contribution in [0.3, 0.4) is 0 Å². The van der Waals surface area contributed by atoms with Crippen LogP contribution in [0.2, 0.25) is 0 Å². The minimum Gasteiger partial charge on any atom is -0.480 e. The zero-order valence-electron chi connectivity index (χ0n) is 10.4. The molecule has 21 heavy (non-hydrogen) atoms. The summed E-state index contributed by atoms with van der Waals surface area (Å²) in [6.07, 6.45) is 0. The van der Waals surface area contributed by atoms with Crippen molar-refractivity contribution >= 4 is 23.6 Å². The number of hydrogen-bond acceptors (Lipinski definition) is 3. The Morgan fingerprint density at radius 2 is 1.57 bits per heavy atom. The third kappa shape index (κ3) is 5.38. The van der Waals surface area contributed by atoms with Gasteiger partial charge in [0.25, 0.3) is 0 Å². The molecule has 10 heteroatoms. The predicted octanol–water partition coefficient (Wildman–Crippen LogP) is 0.426. The first kappa shape index (κ1) is 16.3. The molecule has 0 aliphatic carbocycles. The Kier molecular flexibility index (Phi) is 5.52. The molecule has 1 aromatic rings. The average molecular weight is 305 g/mol. The van der Waals surface area contributed by atoms with Crippen molar-refractivity contribution in [3.05, 3.63) is 29.6 Å². The van der Waals surface area contributed by atoms with E-state index in [0.717, 1.165) is 0 Å². The lowest BCUT2D eigenvalue weighted by molar-refractivity contribution is -0.137. The zero-order valence-corrected chi connectivity index (χ0v) is 10.4. The number of anilines is 1. The molecule has 0 spiro atoms. The molecular formula is C11H10F3N3O4. The standard InChI is InChI=1S/C11H10F3N3O4/c12-5-1-7(14)8(2-6(5)13)17-11(21)16-3-9(18)15-4-10(19)20/h1-2H,3-4H2,(H,15,18)(H,19,20)(H2,16,17,21). The molecule has 0 fully saturated rings. The molecule has 0 aliphatic rings. The number of carbonyl (C=O) groups excluding carboxylic acids is 2. The fourth-order valence-corrected chi connectivity index (χ4v) is 1.18. The maximum absolute atomic E-state index is 13.2. The van der Waals surface area contributed by atoms with Crippen LogP contribution in [-0.2, 0) is 9.59 Å². The average Bonchev–Trinajstić information content (AvgIpc) is 2.40. The van der Waals surface area contributed by atoms with Crippen LogP contribution in [0, 0.1) is 17.5 Å². The highest BCUT2D eigenvalue weighted by Crippen LogP contribution is 2.18. The second-order valence-electron chi connectivity index (χ2n) is 3.72. The monoisotopic (exact) mass is 305 g/mol. The Balaban J connectivity index is 2.49. The normalized spacial score (nSPS) is 9.86. The van der Waals surface area contributed by atoms with Gasteiger partial charge in [-0.05, 0) is 0 Å². The highest BCUT2D eigenvalue weighted by molar-refractivity contribution is 5.92. The number of halogens is 3. The number of carboxylic acid groups (broad SMARTS) is 1. The largest absolute Gasteiger partial charge is 0.480 e. The highest BCUT2D eigenvalue weighted by atomic mass is 19.2. The molecule has 1 aromatic carbocycles. The van der Waals surface area contributed by atoms with Gasteiger partial charge in [-0.15, -0.1) is 0 Å². The molecule has 0 bridgehead atoms. The summed E-state index contributed by atoms with van der Waals surface area (Å²) < 4.78 is 38.7. The third-order valence-electron chi connectivity index (χ3n) is 2.10. The molecule has 0 unspecified atom stereocenters. The van der Waals surface area contributed by atoms with E-state index >= 15 is 0 Å². The second kappa shape index (κ2) is 7.12. The third-order valence-corrected chi connectivity index (χ3v) is 2.10. The van der Waals surface area contributed by atoms with E-state index in [0.29, 0.717) is 6.07 Å². The maximum atomic E-state index is 13.2. The molecule has 0 heterocycles. The van der Waals surface area contributed by atoms with Crippen molar-refractivity contribution < 1.29 is 32.7 Å². The van der Waals surface area contributed by atoms with Crippen LogP contribution in [0.25, 0.3) is 0 Å². The van der Waals surface area contributed by atoms with E-state index in [-0.39, 0.29) is 6.07 Å². The molecule has 4 N–H and O–H groups in total. The Morgan fingerprint density at radius 3 is 2.19 bits per heavy atom. The fraction of sp³-hybridized carbons (Fsp3) is 0.182. The molecule has 3 amide bonds. The van der Waals surface area contributed by atoms with Crippen molar-refractivity contribution in [2.75, 3.05) is 18.4 Å². The van der Waals surface area contributed by atoms with Gasteiger partial charge in [0, 0.05) is 12.1 Å². The summed E-state index contributed by atoms with van der Waals surface area (Å²) in [5.74, 6) is -6.02. The van der Waals surface area contributed by atoms with Gasteiger partial charge in [-0.25, -0.2) is 18.0 Å². The summed E-state index contributed by atoms with van der Waals surface area (Å²) in [6.45, 7) is -1.20. The Morgan fingerprint density at radius 1 is 0.952 bits per heavy atom. The number of nitrogens with one attached hydrogen (secondary N) is 3. The number of aliphatic carboxylic acids is 1. The number of carboxylic acids is 1. The lowest BCUT2D eigenvalue weighted by atomic mass is 10.3. The van der Waals surface area contributed by atoms with Gasteiger partial charge in [-0.2, -0.15) is 0 Å². The van der Waals surface area contributed by atoms with Crippen LogP contribution >= 0.6 is 0 Å². The van der Waals surface area contributed by atoms with Crippen LogP contribution in [-0.4, -0.2) is 36.1 Å². The van der Waals surface area contributed by atoms with E-state index in [4.69, 9.17) is 5.11 Å². The molecule has 0 saturated heterocycles. The van der Waals surface area contributed by atoms with E-state index < -0.39 is 54.1 Å². The molecule has 0 atom stereocenters. The molecule has 0 saturated carbocycles. The smallest absolute Gasteiger partial charge is 0.322 e. The molecule has 0 radical (unpaired) electrons. The van der Waals surface area contributed by atoms with Gasteiger partial charge < -0.3 is 21.1 Å².